The Bertz CT molecular complexity index is 306. The molecule has 1 saturated heterocycles. The number of nitrogens with zero attached hydrogens (tertiary/aromatic N) is 2. The minimum absolute atomic E-state index is 0.0689. The molecule has 0 N–H and O–H groups in total. The molecule has 0 bridgehead atoms. The molecule has 9 heteroatoms. The first kappa shape index (κ1) is 14.5. The van der Waals surface area contributed by atoms with E-state index in [-0.39, 0.29) is 19.9 Å². The fourth-order valence-corrected chi connectivity index (χ4v) is 1.64. The Balaban J connectivity index is 3.27. The molecule has 0 saturated carbocycles. The molecule has 1 heterocycles. The Labute approximate surface area is 93.1 Å². The molecule has 0 amide bonds. The van der Waals surface area contributed by atoms with Gasteiger partial charge in [0.1, 0.15) is 6.54 Å². The van der Waals surface area contributed by atoms with E-state index in [1.54, 1.807) is 0 Å². The van der Waals surface area contributed by atoms with Gasteiger partial charge in [-0.25, -0.2) is 0 Å². The van der Waals surface area contributed by atoms with Crippen molar-refractivity contribution in [3.63, 3.8) is 0 Å². The van der Waals surface area contributed by atoms with Crippen molar-refractivity contribution in [3.05, 3.63) is 0 Å². The van der Waals surface area contributed by atoms with E-state index in [9.17, 15) is 30.8 Å². The summed E-state index contributed by atoms with van der Waals surface area (Å²) in [6, 6.07) is -10.7. The maximum atomic E-state index is 13.7. The summed E-state index contributed by atoms with van der Waals surface area (Å²) >= 11 is 0. The molecule has 0 aromatic carbocycles. The molecule has 17 heavy (non-hydrogen) atoms. The molecule has 0 aliphatic carbocycles. The van der Waals surface area contributed by atoms with Gasteiger partial charge in [0.05, 0.1) is 0 Å². The van der Waals surface area contributed by atoms with Gasteiger partial charge in [0.15, 0.2) is 0 Å². The minimum atomic E-state index is -5.49. The van der Waals surface area contributed by atoms with E-state index >= 15 is 0 Å². The molecule has 0 aromatic rings. The highest BCUT2D eigenvalue weighted by Gasteiger charge is 2.93. The molecule has 1 aliphatic rings. The standard InChI is InChI=1S/C8H12F7N2/c1-3-4-5-17(15)7(11,12)6(9,10)16(2)8(17,13)14/h3-5H2,1-2H3/q+1. The topological polar surface area (TPSA) is 3.24 Å². The fourth-order valence-electron chi connectivity index (χ4n) is 1.64. The van der Waals surface area contributed by atoms with Crippen molar-refractivity contribution in [2.45, 2.75) is 38.0 Å². The normalized spacial score (nSPS) is 35.1. The molecule has 1 atom stereocenters. The lowest BCUT2D eigenvalue weighted by Gasteiger charge is -2.29. The maximum absolute atomic E-state index is 13.7. The molecule has 1 aliphatic heterocycles. The lowest BCUT2D eigenvalue weighted by atomic mass is 10.3. The largest absolute Gasteiger partial charge is 0.513 e. The first-order valence-electron chi connectivity index (χ1n) is 4.92. The van der Waals surface area contributed by atoms with Gasteiger partial charge < -0.3 is 0 Å². The van der Waals surface area contributed by atoms with Crippen LogP contribution in [-0.4, -0.2) is 41.5 Å². The van der Waals surface area contributed by atoms with Crippen LogP contribution in [0.25, 0.3) is 0 Å². The lowest BCUT2D eigenvalue weighted by molar-refractivity contribution is -1.17. The average Bonchev–Trinajstić information content (AvgIpc) is 2.28. The second-order valence-electron chi connectivity index (χ2n) is 3.94. The summed E-state index contributed by atoms with van der Waals surface area (Å²) in [4.78, 5) is -1.21. The highest BCUT2D eigenvalue weighted by Crippen LogP contribution is 2.59. The number of rotatable bonds is 3. The van der Waals surface area contributed by atoms with Gasteiger partial charge in [-0.3, -0.25) is 0 Å². The van der Waals surface area contributed by atoms with Crippen LogP contribution in [0.15, 0.2) is 0 Å². The Morgan fingerprint density at radius 1 is 1.06 bits per heavy atom. The summed E-state index contributed by atoms with van der Waals surface area (Å²) < 4.78 is 88.7. The number of quaternary nitrogens is 1. The van der Waals surface area contributed by atoms with Crippen molar-refractivity contribution in [1.29, 1.82) is 0 Å². The van der Waals surface area contributed by atoms with Crippen molar-refractivity contribution < 1.29 is 35.5 Å². The van der Waals surface area contributed by atoms with Crippen LogP contribution < -0.4 is 0 Å². The van der Waals surface area contributed by atoms with Crippen molar-refractivity contribution in [2.24, 2.45) is 0 Å². The van der Waals surface area contributed by atoms with E-state index in [0.717, 1.165) is 0 Å². The average molecular weight is 269 g/mol. The van der Waals surface area contributed by atoms with Gasteiger partial charge in [0.25, 0.3) is 0 Å². The first-order valence-corrected chi connectivity index (χ1v) is 4.92. The summed E-state index contributed by atoms with van der Waals surface area (Å²) in [7, 11) is 0.0689. The van der Waals surface area contributed by atoms with Crippen LogP contribution in [0.1, 0.15) is 19.8 Å². The maximum Gasteiger partial charge on any atom is 0.513 e. The molecule has 0 aromatic heterocycles. The van der Waals surface area contributed by atoms with Crippen LogP contribution in [0, 0.1) is 0 Å². The third kappa shape index (κ3) is 1.48. The van der Waals surface area contributed by atoms with Crippen molar-refractivity contribution in [2.75, 3.05) is 13.6 Å². The van der Waals surface area contributed by atoms with Gasteiger partial charge in [0, 0.05) is 22.7 Å². The molecule has 1 unspecified atom stereocenters. The Kier molecular flexibility index (Phi) is 3.16. The number of hydrogen-bond acceptors (Lipinski definition) is 1. The Morgan fingerprint density at radius 3 is 1.82 bits per heavy atom. The van der Waals surface area contributed by atoms with Crippen molar-refractivity contribution >= 4 is 0 Å². The van der Waals surface area contributed by atoms with E-state index in [2.05, 4.69) is 0 Å². The molecule has 1 rings (SSSR count). The van der Waals surface area contributed by atoms with Gasteiger partial charge in [-0.1, -0.05) is 13.3 Å². The number of unbranched alkanes of at least 4 members (excludes halogenated alkanes) is 1. The number of halogens is 7. The van der Waals surface area contributed by atoms with E-state index in [4.69, 9.17) is 0 Å². The van der Waals surface area contributed by atoms with Gasteiger partial charge >= 0.3 is 18.3 Å². The Morgan fingerprint density at radius 2 is 1.53 bits per heavy atom. The monoisotopic (exact) mass is 269 g/mol. The molecule has 1 fully saturated rings. The lowest BCUT2D eigenvalue weighted by Crippen LogP contribution is -2.61. The molecular weight excluding hydrogens is 257 g/mol. The van der Waals surface area contributed by atoms with E-state index in [1.807, 2.05) is 0 Å². The summed E-state index contributed by atoms with van der Waals surface area (Å²) in [6.07, 6.45) is -5.20. The third-order valence-electron chi connectivity index (χ3n) is 2.88. The van der Waals surface area contributed by atoms with E-state index < -0.39 is 34.4 Å². The van der Waals surface area contributed by atoms with Gasteiger partial charge in [-0.2, -0.15) is 8.78 Å². The van der Waals surface area contributed by atoms with Crippen LogP contribution >= 0.6 is 0 Å². The predicted molar refractivity (Wildman–Crippen MR) is 43.7 cm³/mol. The van der Waals surface area contributed by atoms with Crippen molar-refractivity contribution in [3.8, 4) is 0 Å². The van der Waals surface area contributed by atoms with E-state index in [1.165, 1.54) is 6.92 Å². The number of alkyl halides is 6. The second kappa shape index (κ2) is 3.71. The smallest absolute Gasteiger partial charge is 0.173 e. The summed E-state index contributed by atoms with van der Waals surface area (Å²) in [5.41, 5.74) is 0. The highest BCUT2D eigenvalue weighted by molar-refractivity contribution is 4.85. The van der Waals surface area contributed by atoms with Crippen molar-refractivity contribution in [1.82, 2.24) is 4.90 Å². The quantitative estimate of drug-likeness (QED) is 0.432. The zero-order chi connectivity index (χ0) is 13.7. The molecule has 2 nitrogen and oxygen atoms in total. The summed E-state index contributed by atoms with van der Waals surface area (Å²) in [6.45, 7) is 0.0663. The summed E-state index contributed by atoms with van der Waals surface area (Å²) in [5.74, 6) is 0. The SMILES string of the molecule is CCCC[N+]1(F)C(F)(F)N(C)C(F)(F)C1(F)F. The van der Waals surface area contributed by atoms with Crippen LogP contribution in [-0.2, 0) is 0 Å². The van der Waals surface area contributed by atoms with Gasteiger partial charge in [-0.15, -0.1) is 22.5 Å². The van der Waals surface area contributed by atoms with Gasteiger partial charge in [-0.05, 0) is 0 Å². The number of likely N-dealkylation sites (N-methyl/N-ethyl adjacent to an activating group) is 1. The Hall–Kier alpha value is -0.570. The fraction of sp³-hybridized carbons (Fsp3) is 1.00. The van der Waals surface area contributed by atoms with Crippen LogP contribution in [0.3, 0.4) is 0 Å². The van der Waals surface area contributed by atoms with Crippen LogP contribution in [0.2, 0.25) is 0 Å². The second-order valence-corrected chi connectivity index (χ2v) is 3.94. The third-order valence-corrected chi connectivity index (χ3v) is 2.88. The molecular formula is C8H12F7N2+. The molecule has 0 spiro atoms. The molecule has 102 valence electrons. The zero-order valence-electron chi connectivity index (χ0n) is 9.16. The predicted octanol–water partition coefficient (Wildman–Crippen LogP) is 3.17. The van der Waals surface area contributed by atoms with Crippen LogP contribution in [0.4, 0.5) is 30.8 Å². The van der Waals surface area contributed by atoms with Crippen LogP contribution in [0.5, 0.6) is 0 Å². The molecule has 0 radical (unpaired) electrons. The van der Waals surface area contributed by atoms with Gasteiger partial charge in [0.2, 0.25) is 0 Å². The number of hydrogen-bond donors (Lipinski definition) is 0. The van der Waals surface area contributed by atoms with E-state index in [0.29, 0.717) is 0 Å². The summed E-state index contributed by atoms with van der Waals surface area (Å²) in [5, 5.41) is 0. The zero-order valence-corrected chi connectivity index (χ0v) is 9.16. The first-order chi connectivity index (χ1) is 7.47. The highest BCUT2D eigenvalue weighted by atomic mass is 19.4. The minimum Gasteiger partial charge on any atom is -0.173 e.